The zero-order valence-corrected chi connectivity index (χ0v) is 4.29. The Labute approximate surface area is 45.5 Å². The number of aldehydes is 1. The Morgan fingerprint density at radius 1 is 1.62 bits per heavy atom. The molecule has 0 fully saturated rings. The van der Waals surface area contributed by atoms with Crippen molar-refractivity contribution in [3.8, 4) is 0 Å². The molecule has 1 aromatic heterocycles. The van der Waals surface area contributed by atoms with Gasteiger partial charge in [-0.25, -0.2) is 4.63 Å². The number of hydrogen-bond donors (Lipinski definition) is 0. The third kappa shape index (κ3) is 0.598. The normalized spacial score (nSPS) is 9.12. The summed E-state index contributed by atoms with van der Waals surface area (Å²) in [7, 11) is 0. The van der Waals surface area contributed by atoms with Gasteiger partial charge in [-0.05, 0) is 12.1 Å². The Morgan fingerprint density at radius 3 is 2.62 bits per heavy atom. The molecule has 0 bridgehead atoms. The molecule has 0 saturated carbocycles. The highest BCUT2D eigenvalue weighted by atomic mass is 16.6. The molecular formula is C4H4N2O2. The van der Waals surface area contributed by atoms with Gasteiger partial charge in [0.25, 0.3) is 0 Å². The van der Waals surface area contributed by atoms with Gasteiger partial charge < -0.3 is 0 Å². The molecular weight excluding hydrogens is 108 g/mol. The van der Waals surface area contributed by atoms with Crippen molar-refractivity contribution in [3.63, 3.8) is 0 Å². The van der Waals surface area contributed by atoms with E-state index in [2.05, 4.69) is 14.9 Å². The molecule has 0 spiro atoms. The van der Waals surface area contributed by atoms with E-state index in [0.29, 0.717) is 12.0 Å². The summed E-state index contributed by atoms with van der Waals surface area (Å²) >= 11 is 0. The minimum absolute atomic E-state index is 0.269. The van der Waals surface area contributed by atoms with E-state index in [1.807, 2.05) is 0 Å². The fourth-order valence-corrected chi connectivity index (χ4v) is 0.345. The summed E-state index contributed by atoms with van der Waals surface area (Å²) in [5, 5.41) is 6.65. The van der Waals surface area contributed by atoms with Gasteiger partial charge in [-0.3, -0.25) is 4.79 Å². The lowest BCUT2D eigenvalue weighted by Crippen LogP contribution is -1.80. The first-order valence-electron chi connectivity index (χ1n) is 2.09. The van der Waals surface area contributed by atoms with Crippen LogP contribution in [0.25, 0.3) is 0 Å². The van der Waals surface area contributed by atoms with Crippen LogP contribution >= 0.6 is 0 Å². The summed E-state index contributed by atoms with van der Waals surface area (Å²) in [6, 6.07) is 0. The van der Waals surface area contributed by atoms with Crippen LogP contribution in [-0.2, 0) is 0 Å². The van der Waals surface area contributed by atoms with Crippen molar-refractivity contribution in [1.29, 1.82) is 0 Å². The Morgan fingerprint density at radius 2 is 2.38 bits per heavy atom. The smallest absolute Gasteiger partial charge is 0.173 e. The van der Waals surface area contributed by atoms with Crippen LogP contribution in [0, 0.1) is 6.92 Å². The summed E-state index contributed by atoms with van der Waals surface area (Å²) < 4.78 is 4.20. The molecule has 1 aromatic rings. The Bertz CT molecular complexity index is 194. The number of carbonyl (C=O) groups excluding carboxylic acids is 1. The van der Waals surface area contributed by atoms with Crippen LogP contribution in [0.3, 0.4) is 0 Å². The lowest BCUT2D eigenvalue weighted by Gasteiger charge is -1.70. The summed E-state index contributed by atoms with van der Waals surface area (Å²) in [4.78, 5) is 9.93. The molecule has 42 valence electrons. The van der Waals surface area contributed by atoms with Crippen LogP contribution < -0.4 is 0 Å². The van der Waals surface area contributed by atoms with Crippen molar-refractivity contribution < 1.29 is 9.42 Å². The summed E-state index contributed by atoms with van der Waals surface area (Å²) in [6.07, 6.45) is 0.603. The van der Waals surface area contributed by atoms with Crippen molar-refractivity contribution in [3.05, 3.63) is 11.4 Å². The molecule has 0 atom stereocenters. The molecule has 4 heteroatoms. The highest BCUT2D eigenvalue weighted by Crippen LogP contribution is 1.93. The SMILES string of the molecule is Cc1nonc1C=O. The van der Waals surface area contributed by atoms with E-state index in [1.165, 1.54) is 0 Å². The first-order chi connectivity index (χ1) is 3.84. The summed E-state index contributed by atoms with van der Waals surface area (Å²) in [5.41, 5.74) is 0.796. The topological polar surface area (TPSA) is 56.0 Å². The summed E-state index contributed by atoms with van der Waals surface area (Å²) in [6.45, 7) is 1.65. The Hall–Kier alpha value is -1.19. The highest BCUT2D eigenvalue weighted by molar-refractivity contribution is 5.72. The number of aromatic nitrogens is 2. The molecule has 0 unspecified atom stereocenters. The van der Waals surface area contributed by atoms with E-state index in [4.69, 9.17) is 0 Å². The minimum Gasteiger partial charge on any atom is -0.296 e. The van der Waals surface area contributed by atoms with Crippen LogP contribution in [0.5, 0.6) is 0 Å². The molecule has 0 aliphatic carbocycles. The molecule has 8 heavy (non-hydrogen) atoms. The quantitative estimate of drug-likeness (QED) is 0.486. The van der Waals surface area contributed by atoms with Crippen LogP contribution in [-0.4, -0.2) is 16.6 Å². The first kappa shape index (κ1) is 4.96. The Balaban J connectivity index is 3.09. The fourth-order valence-electron chi connectivity index (χ4n) is 0.345. The zero-order chi connectivity index (χ0) is 5.98. The van der Waals surface area contributed by atoms with E-state index in [9.17, 15) is 4.79 Å². The third-order valence-electron chi connectivity index (χ3n) is 0.799. The predicted molar refractivity (Wildman–Crippen MR) is 24.4 cm³/mol. The lowest BCUT2D eigenvalue weighted by atomic mass is 10.4. The van der Waals surface area contributed by atoms with Crippen molar-refractivity contribution in [2.45, 2.75) is 6.92 Å². The second kappa shape index (κ2) is 1.73. The van der Waals surface area contributed by atoms with Crippen LogP contribution in [0.2, 0.25) is 0 Å². The molecule has 0 saturated heterocycles. The maximum atomic E-state index is 9.93. The van der Waals surface area contributed by atoms with Gasteiger partial charge in [0.05, 0.1) is 0 Å². The van der Waals surface area contributed by atoms with E-state index in [1.54, 1.807) is 6.92 Å². The first-order valence-corrected chi connectivity index (χ1v) is 2.09. The molecule has 1 rings (SSSR count). The molecule has 0 radical (unpaired) electrons. The number of aryl methyl sites for hydroxylation is 1. The number of nitrogens with zero attached hydrogens (tertiary/aromatic N) is 2. The second-order valence-corrected chi connectivity index (χ2v) is 1.35. The van der Waals surface area contributed by atoms with Crippen LogP contribution in [0.4, 0.5) is 0 Å². The second-order valence-electron chi connectivity index (χ2n) is 1.35. The average Bonchev–Trinajstić information content (AvgIpc) is 2.14. The number of hydrogen-bond acceptors (Lipinski definition) is 4. The molecule has 0 N–H and O–H groups in total. The number of rotatable bonds is 1. The van der Waals surface area contributed by atoms with Gasteiger partial charge in [0, 0.05) is 0 Å². The highest BCUT2D eigenvalue weighted by Gasteiger charge is 1.99. The monoisotopic (exact) mass is 112 g/mol. The van der Waals surface area contributed by atoms with Gasteiger partial charge in [-0.2, -0.15) is 0 Å². The van der Waals surface area contributed by atoms with Gasteiger partial charge in [-0.15, -0.1) is 0 Å². The standard InChI is InChI=1S/C4H4N2O2/c1-3-4(2-7)6-8-5-3/h2H,1H3. The van der Waals surface area contributed by atoms with Gasteiger partial charge in [0.2, 0.25) is 0 Å². The zero-order valence-electron chi connectivity index (χ0n) is 4.29. The van der Waals surface area contributed by atoms with Crippen molar-refractivity contribution in [1.82, 2.24) is 10.3 Å². The summed E-state index contributed by atoms with van der Waals surface area (Å²) in [5.74, 6) is 0. The largest absolute Gasteiger partial charge is 0.296 e. The Kier molecular flexibility index (Phi) is 1.07. The van der Waals surface area contributed by atoms with E-state index >= 15 is 0 Å². The van der Waals surface area contributed by atoms with Crippen LogP contribution in [0.1, 0.15) is 16.2 Å². The molecule has 0 aliphatic rings. The average molecular weight is 112 g/mol. The van der Waals surface area contributed by atoms with Crippen molar-refractivity contribution >= 4 is 6.29 Å². The van der Waals surface area contributed by atoms with Gasteiger partial charge >= 0.3 is 0 Å². The van der Waals surface area contributed by atoms with Gasteiger partial charge in [0.15, 0.2) is 12.0 Å². The third-order valence-corrected chi connectivity index (χ3v) is 0.799. The fraction of sp³-hybridized carbons (Fsp3) is 0.250. The number of carbonyl (C=O) groups is 1. The van der Waals surface area contributed by atoms with E-state index < -0.39 is 0 Å². The molecule has 0 aliphatic heterocycles. The lowest BCUT2D eigenvalue weighted by molar-refractivity contribution is 0.111. The van der Waals surface area contributed by atoms with Crippen molar-refractivity contribution in [2.75, 3.05) is 0 Å². The maximum absolute atomic E-state index is 9.93. The van der Waals surface area contributed by atoms with Crippen LogP contribution in [0.15, 0.2) is 4.63 Å². The predicted octanol–water partition coefficient (Wildman–Crippen LogP) is 0.191. The van der Waals surface area contributed by atoms with Gasteiger partial charge in [-0.1, -0.05) is 5.16 Å². The van der Waals surface area contributed by atoms with Crippen molar-refractivity contribution in [2.24, 2.45) is 0 Å². The molecule has 0 aromatic carbocycles. The molecule has 1 heterocycles. The molecule has 0 amide bonds. The minimum atomic E-state index is 0.269. The molecule has 4 nitrogen and oxygen atoms in total. The van der Waals surface area contributed by atoms with Gasteiger partial charge in [0.1, 0.15) is 5.69 Å². The maximum Gasteiger partial charge on any atom is 0.173 e. The van der Waals surface area contributed by atoms with E-state index in [-0.39, 0.29) is 5.69 Å². The van der Waals surface area contributed by atoms with E-state index in [0.717, 1.165) is 0 Å².